The van der Waals surface area contributed by atoms with E-state index < -0.39 is 26.5 Å². The predicted octanol–water partition coefficient (Wildman–Crippen LogP) is 0.653. The molecule has 1 saturated carbocycles. The Balaban J connectivity index is 2.56. The Morgan fingerprint density at radius 3 is 1.07 bits per heavy atom. The van der Waals surface area contributed by atoms with Crippen LogP contribution in [0.5, 0.6) is 0 Å². The number of hydrogen-bond acceptors (Lipinski definition) is 2. The van der Waals surface area contributed by atoms with Gasteiger partial charge in [-0.15, -0.1) is 0 Å². The zero-order valence-corrected chi connectivity index (χ0v) is 9.27. The Labute approximate surface area is 81.7 Å². The molecule has 0 saturated heterocycles. The maximum atomic E-state index is 10.8. The Hall–Kier alpha value is 0.300. The van der Waals surface area contributed by atoms with Crippen molar-refractivity contribution in [3.63, 3.8) is 0 Å². The van der Waals surface area contributed by atoms with Gasteiger partial charge in [0.1, 0.15) is 0 Å². The smallest absolute Gasteiger partial charge is 0.324 e. The third-order valence-corrected chi connectivity index (χ3v) is 5.55. The molecule has 0 aliphatic heterocycles. The van der Waals surface area contributed by atoms with E-state index in [-0.39, 0.29) is 25.7 Å². The summed E-state index contributed by atoms with van der Waals surface area (Å²) in [5.74, 6) is 0. The third kappa shape index (κ3) is 3.16. The van der Waals surface area contributed by atoms with Crippen LogP contribution in [0.1, 0.15) is 25.7 Å². The van der Waals surface area contributed by atoms with E-state index in [4.69, 9.17) is 19.6 Å². The summed E-state index contributed by atoms with van der Waals surface area (Å²) in [6.07, 6.45) is 0.778. The van der Waals surface area contributed by atoms with Crippen LogP contribution in [0.2, 0.25) is 0 Å². The highest BCUT2D eigenvalue weighted by Crippen LogP contribution is 2.54. The molecule has 1 fully saturated rings. The van der Waals surface area contributed by atoms with E-state index >= 15 is 0 Å². The second kappa shape index (κ2) is 4.05. The van der Waals surface area contributed by atoms with Crippen LogP contribution in [0.3, 0.4) is 0 Å². The van der Waals surface area contributed by atoms with Gasteiger partial charge in [-0.3, -0.25) is 9.13 Å². The Kier molecular flexibility index (Phi) is 3.58. The van der Waals surface area contributed by atoms with Crippen LogP contribution in [0.25, 0.3) is 0 Å². The van der Waals surface area contributed by atoms with Crippen molar-refractivity contribution in [1.82, 2.24) is 0 Å². The highest BCUT2D eigenvalue weighted by Gasteiger charge is 2.38. The minimum absolute atomic E-state index is 0.194. The van der Waals surface area contributed by atoms with Crippen LogP contribution in [0.4, 0.5) is 0 Å². The van der Waals surface area contributed by atoms with Gasteiger partial charge in [-0.1, -0.05) is 0 Å². The molecule has 0 heterocycles. The van der Waals surface area contributed by atoms with Gasteiger partial charge in [-0.2, -0.15) is 0 Å². The molecule has 14 heavy (non-hydrogen) atoms. The lowest BCUT2D eigenvalue weighted by molar-refractivity contribution is 0.313. The molecular formula is C6H14O6P2. The minimum atomic E-state index is -4.07. The van der Waals surface area contributed by atoms with Crippen LogP contribution in [0, 0.1) is 0 Å². The molecule has 1 aliphatic rings. The van der Waals surface area contributed by atoms with Crippen molar-refractivity contribution in [3.8, 4) is 0 Å². The standard InChI is InChI=1S/C6H14O6P2/c7-13(8,9)5-1-2-6(4-3-5)14(10,11)12/h5-6H,1-4H2,(H2,7,8,9)(H2,10,11,12). The lowest BCUT2D eigenvalue weighted by Crippen LogP contribution is -2.22. The van der Waals surface area contributed by atoms with Crippen molar-refractivity contribution < 1.29 is 28.7 Å². The summed E-state index contributed by atoms with van der Waals surface area (Å²) in [5, 5.41) is 0. The topological polar surface area (TPSA) is 115 Å². The summed E-state index contributed by atoms with van der Waals surface area (Å²) in [6.45, 7) is 0. The Morgan fingerprint density at radius 1 is 0.714 bits per heavy atom. The van der Waals surface area contributed by atoms with Crippen molar-refractivity contribution in [2.24, 2.45) is 0 Å². The Morgan fingerprint density at radius 2 is 0.929 bits per heavy atom. The SMILES string of the molecule is O=P(O)(O)C1CCC(P(=O)(O)O)CC1. The normalized spacial score (nSPS) is 30.3. The van der Waals surface area contributed by atoms with Crippen LogP contribution >= 0.6 is 15.2 Å². The average molecular weight is 244 g/mol. The maximum absolute atomic E-state index is 10.8. The first-order chi connectivity index (χ1) is 6.21. The molecule has 0 aromatic rings. The first-order valence-electron chi connectivity index (χ1n) is 4.31. The van der Waals surface area contributed by atoms with Gasteiger partial charge in [0.05, 0.1) is 11.3 Å². The second-order valence-corrected chi connectivity index (χ2v) is 7.46. The summed E-state index contributed by atoms with van der Waals surface area (Å²) in [6, 6.07) is 0. The molecule has 0 aromatic carbocycles. The van der Waals surface area contributed by atoms with Gasteiger partial charge in [0.2, 0.25) is 0 Å². The first-order valence-corrected chi connectivity index (χ1v) is 7.68. The van der Waals surface area contributed by atoms with Crippen LogP contribution < -0.4 is 0 Å². The van der Waals surface area contributed by atoms with Crippen molar-refractivity contribution in [1.29, 1.82) is 0 Å². The fourth-order valence-corrected chi connectivity index (χ4v) is 3.67. The summed E-state index contributed by atoms with van der Waals surface area (Å²) in [5.41, 5.74) is -1.43. The summed E-state index contributed by atoms with van der Waals surface area (Å²) in [7, 11) is -8.15. The fourth-order valence-electron chi connectivity index (χ4n) is 1.73. The van der Waals surface area contributed by atoms with E-state index in [9.17, 15) is 9.13 Å². The molecule has 1 rings (SSSR count). The van der Waals surface area contributed by atoms with Gasteiger partial charge in [0, 0.05) is 0 Å². The molecule has 1 aliphatic carbocycles. The predicted molar refractivity (Wildman–Crippen MR) is 50.1 cm³/mol. The highest BCUT2D eigenvalue weighted by molar-refractivity contribution is 7.53. The zero-order valence-electron chi connectivity index (χ0n) is 7.48. The van der Waals surface area contributed by atoms with E-state index in [0.29, 0.717) is 0 Å². The summed E-state index contributed by atoms with van der Waals surface area (Å²) in [4.78, 5) is 35.4. The molecule has 0 amide bonds. The Bertz CT molecular complexity index is 253. The molecule has 0 radical (unpaired) electrons. The van der Waals surface area contributed by atoms with Crippen molar-refractivity contribution in [2.75, 3.05) is 0 Å². The lowest BCUT2D eigenvalue weighted by atomic mass is 10.00. The lowest BCUT2D eigenvalue weighted by Gasteiger charge is -2.28. The van der Waals surface area contributed by atoms with Gasteiger partial charge in [0.15, 0.2) is 0 Å². The average Bonchev–Trinajstić information content (AvgIpc) is 2.01. The summed E-state index contributed by atoms with van der Waals surface area (Å²) < 4.78 is 21.7. The van der Waals surface area contributed by atoms with Gasteiger partial charge in [-0.05, 0) is 25.7 Å². The van der Waals surface area contributed by atoms with E-state index in [1.807, 2.05) is 0 Å². The molecule has 0 spiro atoms. The van der Waals surface area contributed by atoms with Crippen molar-refractivity contribution in [3.05, 3.63) is 0 Å². The molecule has 6 nitrogen and oxygen atoms in total. The molecule has 4 N–H and O–H groups in total. The molecule has 0 bridgehead atoms. The maximum Gasteiger partial charge on any atom is 0.328 e. The first kappa shape index (κ1) is 12.4. The molecule has 0 aromatic heterocycles. The third-order valence-electron chi connectivity index (χ3n) is 2.62. The van der Waals surface area contributed by atoms with Gasteiger partial charge >= 0.3 is 15.2 Å². The molecule has 0 unspecified atom stereocenters. The van der Waals surface area contributed by atoms with Crippen LogP contribution in [-0.4, -0.2) is 30.9 Å². The number of hydrogen-bond donors (Lipinski definition) is 4. The summed E-state index contributed by atoms with van der Waals surface area (Å²) >= 11 is 0. The van der Waals surface area contributed by atoms with E-state index in [1.165, 1.54) is 0 Å². The molecular weight excluding hydrogens is 230 g/mol. The van der Waals surface area contributed by atoms with Gasteiger partial charge in [0.25, 0.3) is 0 Å². The minimum Gasteiger partial charge on any atom is -0.324 e. The van der Waals surface area contributed by atoms with E-state index in [0.717, 1.165) is 0 Å². The highest BCUT2D eigenvalue weighted by atomic mass is 31.2. The second-order valence-electron chi connectivity index (χ2n) is 3.64. The molecule has 0 atom stereocenters. The van der Waals surface area contributed by atoms with Gasteiger partial charge < -0.3 is 19.6 Å². The van der Waals surface area contributed by atoms with Crippen LogP contribution in [0.15, 0.2) is 0 Å². The number of rotatable bonds is 2. The zero-order chi connectivity index (χ0) is 11.0. The van der Waals surface area contributed by atoms with Gasteiger partial charge in [-0.25, -0.2) is 0 Å². The molecule has 8 heteroatoms. The van der Waals surface area contributed by atoms with Crippen molar-refractivity contribution in [2.45, 2.75) is 37.0 Å². The van der Waals surface area contributed by atoms with E-state index in [1.54, 1.807) is 0 Å². The van der Waals surface area contributed by atoms with Crippen molar-refractivity contribution >= 4 is 15.2 Å². The van der Waals surface area contributed by atoms with E-state index in [2.05, 4.69) is 0 Å². The molecule has 84 valence electrons. The monoisotopic (exact) mass is 244 g/mol. The quantitative estimate of drug-likeness (QED) is 0.530. The van der Waals surface area contributed by atoms with Crippen LogP contribution in [-0.2, 0) is 9.13 Å². The largest absolute Gasteiger partial charge is 0.328 e. The fraction of sp³-hybridized carbons (Fsp3) is 1.00.